The second-order valence-corrected chi connectivity index (χ2v) is 30.2. The van der Waals surface area contributed by atoms with Crippen LogP contribution in [0.3, 0.4) is 0 Å². The number of aliphatic hydroxyl groups is 1. The van der Waals surface area contributed by atoms with Gasteiger partial charge in [-0.25, -0.2) is 4.57 Å². The Bertz CT molecular complexity index is 1610. The fourth-order valence-electron chi connectivity index (χ4n) is 12.5. The van der Waals surface area contributed by atoms with Crippen LogP contribution >= 0.6 is 7.82 Å². The molecule has 0 aromatic heterocycles. The summed E-state index contributed by atoms with van der Waals surface area (Å²) in [5.41, 5.74) is 0. The average molecular weight is 1290 g/mol. The molecular weight excluding hydrogens is 1130 g/mol. The first kappa shape index (κ1) is 88.5. The SMILES string of the molecule is CC/C=C\C/C=C\C/C=C\C/C=C\CCCCCCCCCCCCCCCCCCCCCCCCCCCCC(=O)NC(COP(=O)(O)OCC[N+](C)(C)C)C(O)CCCCCCCCCCCCCCCCCCCCCCCCCCCCCCC. The van der Waals surface area contributed by atoms with Crippen LogP contribution in [-0.4, -0.2) is 73.4 Å². The van der Waals surface area contributed by atoms with E-state index in [9.17, 15) is 19.4 Å². The van der Waals surface area contributed by atoms with Crippen LogP contribution in [-0.2, 0) is 18.4 Å². The molecule has 3 N–H and O–H groups in total. The number of quaternary nitrogens is 1. The number of unbranched alkanes of at least 4 members (excludes halogenated alkanes) is 54. The molecule has 0 aliphatic carbocycles. The summed E-state index contributed by atoms with van der Waals surface area (Å²) in [6.45, 7) is 4.84. The first-order valence-electron chi connectivity index (χ1n) is 40.0. The maximum absolute atomic E-state index is 13.1. The molecule has 0 aromatic carbocycles. The topological polar surface area (TPSA) is 105 Å². The Morgan fingerprint density at radius 3 is 0.978 bits per heavy atom. The van der Waals surface area contributed by atoms with Crippen molar-refractivity contribution in [2.75, 3.05) is 40.9 Å². The van der Waals surface area contributed by atoms with E-state index in [4.69, 9.17) is 9.05 Å². The number of phosphoric ester groups is 1. The van der Waals surface area contributed by atoms with Crippen molar-refractivity contribution < 1.29 is 32.9 Å². The third-order valence-corrected chi connectivity index (χ3v) is 19.6. The summed E-state index contributed by atoms with van der Waals surface area (Å²) < 4.78 is 24.0. The zero-order valence-electron chi connectivity index (χ0n) is 61.2. The van der Waals surface area contributed by atoms with E-state index in [1.807, 2.05) is 21.1 Å². The Labute approximate surface area is 562 Å². The van der Waals surface area contributed by atoms with E-state index < -0.39 is 20.0 Å². The van der Waals surface area contributed by atoms with E-state index >= 15 is 0 Å². The van der Waals surface area contributed by atoms with Gasteiger partial charge in [0.05, 0.1) is 39.9 Å². The van der Waals surface area contributed by atoms with E-state index in [2.05, 4.69) is 67.8 Å². The number of likely N-dealkylation sites (N-methyl/N-ethyl adjacent to an activating group) is 1. The minimum Gasteiger partial charge on any atom is -0.391 e. The molecule has 8 nitrogen and oxygen atoms in total. The van der Waals surface area contributed by atoms with E-state index in [0.29, 0.717) is 23.9 Å². The van der Waals surface area contributed by atoms with Crippen LogP contribution in [0.2, 0.25) is 0 Å². The molecule has 0 aromatic rings. The molecule has 0 saturated carbocycles. The molecule has 0 radical (unpaired) electrons. The molecule has 0 heterocycles. The second kappa shape index (κ2) is 71.7. The number of carbonyl (C=O) groups is 1. The lowest BCUT2D eigenvalue weighted by Gasteiger charge is -2.26. The Morgan fingerprint density at radius 2 is 0.667 bits per heavy atom. The lowest BCUT2D eigenvalue weighted by molar-refractivity contribution is -0.870. The maximum atomic E-state index is 13.1. The Kier molecular flexibility index (Phi) is 70.5. The van der Waals surface area contributed by atoms with Crippen molar-refractivity contribution in [1.82, 2.24) is 5.32 Å². The van der Waals surface area contributed by atoms with Gasteiger partial charge in [-0.3, -0.25) is 13.8 Å². The molecule has 0 bridgehead atoms. The highest BCUT2D eigenvalue weighted by Crippen LogP contribution is 2.43. The molecule has 9 heteroatoms. The summed E-state index contributed by atoms with van der Waals surface area (Å²) >= 11 is 0. The molecule has 90 heavy (non-hydrogen) atoms. The number of nitrogens with zero attached hydrogens (tertiary/aromatic N) is 1. The third-order valence-electron chi connectivity index (χ3n) is 18.6. The van der Waals surface area contributed by atoms with Gasteiger partial charge in [0.2, 0.25) is 5.91 Å². The predicted octanol–water partition coefficient (Wildman–Crippen LogP) is 26.1. The molecule has 0 fully saturated rings. The average Bonchev–Trinajstić information content (AvgIpc) is 3.72. The monoisotopic (exact) mass is 1290 g/mol. The van der Waals surface area contributed by atoms with Gasteiger partial charge in [-0.15, -0.1) is 0 Å². The number of aliphatic hydroxyl groups excluding tert-OH is 1. The van der Waals surface area contributed by atoms with Crippen molar-refractivity contribution >= 4 is 13.7 Å². The summed E-state index contributed by atoms with van der Waals surface area (Å²) in [5, 5.41) is 14.2. The Balaban J connectivity index is 3.89. The molecule has 1 amide bonds. The van der Waals surface area contributed by atoms with Crippen molar-refractivity contribution in [1.29, 1.82) is 0 Å². The van der Waals surface area contributed by atoms with Crippen LogP contribution in [0.1, 0.15) is 412 Å². The summed E-state index contributed by atoms with van der Waals surface area (Å²) in [4.78, 5) is 23.5. The van der Waals surface area contributed by atoms with E-state index in [1.165, 1.54) is 321 Å². The highest BCUT2D eigenvalue weighted by Gasteiger charge is 2.28. The molecule has 0 saturated heterocycles. The fourth-order valence-corrected chi connectivity index (χ4v) is 13.2. The van der Waals surface area contributed by atoms with E-state index in [0.717, 1.165) is 64.2 Å². The van der Waals surface area contributed by atoms with Crippen molar-refractivity contribution in [3.05, 3.63) is 48.6 Å². The van der Waals surface area contributed by atoms with Gasteiger partial charge in [-0.1, -0.05) is 403 Å². The summed E-state index contributed by atoms with van der Waals surface area (Å²) in [5.74, 6) is -0.134. The number of nitrogens with one attached hydrogen (secondary N) is 1. The summed E-state index contributed by atoms with van der Waals surface area (Å²) in [7, 11) is 1.64. The predicted molar refractivity (Wildman–Crippen MR) is 397 cm³/mol. The van der Waals surface area contributed by atoms with Crippen LogP contribution in [0.4, 0.5) is 0 Å². The molecule has 0 rings (SSSR count). The van der Waals surface area contributed by atoms with Gasteiger partial charge in [-0.2, -0.15) is 0 Å². The zero-order valence-corrected chi connectivity index (χ0v) is 62.1. The smallest absolute Gasteiger partial charge is 0.391 e. The minimum absolute atomic E-state index is 0.0773. The molecule has 3 atom stereocenters. The summed E-state index contributed by atoms with van der Waals surface area (Å²) in [6, 6.07) is -0.761. The number of allylic oxidation sites excluding steroid dienone is 8. The quantitative estimate of drug-likeness (QED) is 0.0243. The Morgan fingerprint density at radius 1 is 0.389 bits per heavy atom. The van der Waals surface area contributed by atoms with Crippen molar-refractivity contribution in [2.24, 2.45) is 0 Å². The van der Waals surface area contributed by atoms with Gasteiger partial charge in [-0.05, 0) is 51.4 Å². The van der Waals surface area contributed by atoms with Gasteiger partial charge in [0.25, 0.3) is 0 Å². The number of carbonyl (C=O) groups excluding carboxylic acids is 1. The molecule has 0 aliphatic heterocycles. The number of rotatable bonds is 75. The second-order valence-electron chi connectivity index (χ2n) is 28.8. The molecule has 3 unspecified atom stereocenters. The van der Waals surface area contributed by atoms with Crippen LogP contribution in [0, 0.1) is 0 Å². The highest BCUT2D eigenvalue weighted by molar-refractivity contribution is 7.47. The van der Waals surface area contributed by atoms with Crippen molar-refractivity contribution in [3.63, 3.8) is 0 Å². The molecular formula is C81H158N2O6P+. The largest absolute Gasteiger partial charge is 0.472 e. The van der Waals surface area contributed by atoms with Crippen LogP contribution in [0.5, 0.6) is 0 Å². The highest BCUT2D eigenvalue weighted by atomic mass is 31.2. The molecule has 532 valence electrons. The van der Waals surface area contributed by atoms with Crippen LogP contribution in [0.25, 0.3) is 0 Å². The van der Waals surface area contributed by atoms with Crippen molar-refractivity contribution in [2.45, 2.75) is 424 Å². The van der Waals surface area contributed by atoms with Crippen LogP contribution < -0.4 is 5.32 Å². The van der Waals surface area contributed by atoms with Gasteiger partial charge in [0, 0.05) is 6.42 Å². The van der Waals surface area contributed by atoms with Gasteiger partial charge in [0.1, 0.15) is 13.2 Å². The first-order valence-corrected chi connectivity index (χ1v) is 41.5. The standard InChI is InChI=1S/C81H157N2O6P/c1-6-8-10-12-14-16-18-20-22-24-26-28-30-32-34-36-37-38-39-40-41-42-43-44-45-47-49-51-53-55-57-59-61-63-65-67-69-71-73-75-81(85)82-79(78-89-90(86,87)88-77-76-83(3,4)5)80(84)74-72-70-68-66-64-62-60-58-56-54-52-50-48-46-35-33-31-29-27-25-23-21-19-17-15-13-11-9-7-2/h8,10,14,16,20,22,26,28,79-80,84H,6-7,9,11-13,15,17-19,21,23-25,27,29-78H2,1-5H3,(H-,82,85,86,87)/p+1/b10-8-,16-14-,22-20-,28-26-. The fraction of sp³-hybridized carbons (Fsp3) is 0.889. The van der Waals surface area contributed by atoms with Crippen molar-refractivity contribution in [3.8, 4) is 0 Å². The van der Waals surface area contributed by atoms with E-state index in [1.54, 1.807) is 0 Å². The zero-order chi connectivity index (χ0) is 65.5. The minimum atomic E-state index is -4.33. The third kappa shape index (κ3) is 73.9. The van der Waals surface area contributed by atoms with Gasteiger partial charge < -0.3 is 19.8 Å². The summed E-state index contributed by atoms with van der Waals surface area (Å²) in [6.07, 6.45) is 98.4. The Hall–Kier alpha value is -1.54. The van der Waals surface area contributed by atoms with Crippen LogP contribution in [0.15, 0.2) is 48.6 Å². The number of amides is 1. The number of hydrogen-bond acceptors (Lipinski definition) is 5. The van der Waals surface area contributed by atoms with E-state index in [-0.39, 0.29) is 19.1 Å². The lowest BCUT2D eigenvalue weighted by atomic mass is 10.0. The first-order chi connectivity index (χ1) is 44.0. The number of hydrogen-bond donors (Lipinski definition) is 3. The number of phosphoric acid groups is 1. The molecule has 0 aliphatic rings. The lowest BCUT2D eigenvalue weighted by Crippen LogP contribution is -2.46. The maximum Gasteiger partial charge on any atom is 0.472 e. The molecule has 0 spiro atoms. The normalized spacial score (nSPS) is 13.7. The van der Waals surface area contributed by atoms with Gasteiger partial charge >= 0.3 is 7.82 Å². The van der Waals surface area contributed by atoms with Gasteiger partial charge in [0.15, 0.2) is 0 Å².